The van der Waals surface area contributed by atoms with Crippen molar-refractivity contribution in [3.05, 3.63) is 39.2 Å². The SMILES string of the molecule is Cc1cc(OC(C)C(=O)N2CCOC3(CCNC3)C2)c2c(C)c(C)c(=O)oc2c1.Cl. The Morgan fingerprint density at radius 2 is 2.03 bits per heavy atom. The zero-order valence-electron chi connectivity index (χ0n) is 17.9. The molecule has 4 rings (SSSR count). The molecule has 1 amide bonds. The van der Waals surface area contributed by atoms with Gasteiger partial charge in [-0.3, -0.25) is 4.79 Å². The summed E-state index contributed by atoms with van der Waals surface area (Å²) in [7, 11) is 0. The highest BCUT2D eigenvalue weighted by Gasteiger charge is 2.41. The van der Waals surface area contributed by atoms with Crippen LogP contribution < -0.4 is 15.7 Å². The molecular formula is C22H29ClN2O5. The number of halogens is 1. The van der Waals surface area contributed by atoms with Crippen LogP contribution in [0, 0.1) is 20.8 Å². The molecule has 2 unspecified atom stereocenters. The molecular weight excluding hydrogens is 408 g/mol. The quantitative estimate of drug-likeness (QED) is 0.744. The first-order valence-corrected chi connectivity index (χ1v) is 10.1. The van der Waals surface area contributed by atoms with Gasteiger partial charge in [0.05, 0.1) is 24.1 Å². The molecule has 2 fully saturated rings. The van der Waals surface area contributed by atoms with Gasteiger partial charge >= 0.3 is 5.63 Å². The summed E-state index contributed by atoms with van der Waals surface area (Å²) in [6.07, 6.45) is 0.252. The second kappa shape index (κ2) is 8.57. The highest BCUT2D eigenvalue weighted by Crippen LogP contribution is 2.32. The normalized spacial score (nSPS) is 22.2. The van der Waals surface area contributed by atoms with Crippen LogP contribution in [0.4, 0.5) is 0 Å². The molecule has 2 atom stereocenters. The Hall–Kier alpha value is -2.09. The minimum absolute atomic E-state index is 0. The lowest BCUT2D eigenvalue weighted by Gasteiger charge is -2.40. The zero-order chi connectivity index (χ0) is 20.8. The molecule has 1 aromatic heterocycles. The van der Waals surface area contributed by atoms with E-state index in [0.717, 1.165) is 36.0 Å². The lowest BCUT2D eigenvalue weighted by atomic mass is 10.0. The predicted octanol–water partition coefficient (Wildman–Crippen LogP) is 2.50. The molecule has 164 valence electrons. The summed E-state index contributed by atoms with van der Waals surface area (Å²) in [5, 5.41) is 4.07. The van der Waals surface area contributed by atoms with Crippen LogP contribution in [0.5, 0.6) is 5.75 Å². The highest BCUT2D eigenvalue weighted by molar-refractivity contribution is 5.89. The Morgan fingerprint density at radius 1 is 1.27 bits per heavy atom. The average Bonchev–Trinajstić information content (AvgIpc) is 3.12. The molecule has 0 aliphatic carbocycles. The molecule has 0 saturated carbocycles. The number of ether oxygens (including phenoxy) is 2. The topological polar surface area (TPSA) is 81.0 Å². The summed E-state index contributed by atoms with van der Waals surface area (Å²) in [6.45, 7) is 10.7. The lowest BCUT2D eigenvalue weighted by molar-refractivity contribution is -0.153. The summed E-state index contributed by atoms with van der Waals surface area (Å²) in [5.41, 5.74) is 2.12. The van der Waals surface area contributed by atoms with Gasteiger partial charge in [0.25, 0.3) is 5.91 Å². The molecule has 2 saturated heterocycles. The summed E-state index contributed by atoms with van der Waals surface area (Å²) in [4.78, 5) is 27.0. The number of aryl methyl sites for hydroxylation is 2. The van der Waals surface area contributed by atoms with Gasteiger partial charge in [-0.05, 0) is 63.9 Å². The summed E-state index contributed by atoms with van der Waals surface area (Å²) in [6, 6.07) is 3.71. The van der Waals surface area contributed by atoms with Crippen molar-refractivity contribution in [1.82, 2.24) is 10.2 Å². The van der Waals surface area contributed by atoms with Gasteiger partial charge in [-0.25, -0.2) is 4.79 Å². The number of benzene rings is 1. The number of morpholine rings is 1. The van der Waals surface area contributed by atoms with E-state index < -0.39 is 6.10 Å². The number of hydrogen-bond donors (Lipinski definition) is 1. The largest absolute Gasteiger partial charge is 0.480 e. The van der Waals surface area contributed by atoms with Gasteiger partial charge in [0, 0.05) is 18.7 Å². The zero-order valence-corrected chi connectivity index (χ0v) is 18.7. The predicted molar refractivity (Wildman–Crippen MR) is 117 cm³/mol. The van der Waals surface area contributed by atoms with E-state index in [1.807, 2.05) is 30.9 Å². The smallest absolute Gasteiger partial charge is 0.339 e. The van der Waals surface area contributed by atoms with E-state index in [2.05, 4.69) is 5.32 Å². The second-order valence-corrected chi connectivity index (χ2v) is 8.25. The van der Waals surface area contributed by atoms with Crippen LogP contribution in [0.25, 0.3) is 11.0 Å². The number of hydrogen-bond acceptors (Lipinski definition) is 6. The fraction of sp³-hybridized carbons (Fsp3) is 0.545. The van der Waals surface area contributed by atoms with Gasteiger partial charge in [-0.2, -0.15) is 0 Å². The summed E-state index contributed by atoms with van der Waals surface area (Å²) < 4.78 is 17.6. The second-order valence-electron chi connectivity index (χ2n) is 8.25. The monoisotopic (exact) mass is 436 g/mol. The Labute approximate surface area is 182 Å². The number of nitrogens with one attached hydrogen (secondary N) is 1. The average molecular weight is 437 g/mol. The fourth-order valence-corrected chi connectivity index (χ4v) is 4.29. The number of amides is 1. The first-order chi connectivity index (χ1) is 13.8. The highest BCUT2D eigenvalue weighted by atomic mass is 35.5. The minimum Gasteiger partial charge on any atom is -0.480 e. The van der Waals surface area contributed by atoms with E-state index in [0.29, 0.717) is 36.6 Å². The Kier molecular flexibility index (Phi) is 6.45. The molecule has 2 aliphatic heterocycles. The molecule has 2 aromatic rings. The number of fused-ring (bicyclic) bond motifs is 1. The Bertz CT molecular complexity index is 1010. The minimum atomic E-state index is -0.656. The van der Waals surface area contributed by atoms with E-state index in [1.165, 1.54) is 0 Å². The number of carbonyl (C=O) groups excluding carboxylic acids is 1. The number of nitrogens with zero attached hydrogens (tertiary/aromatic N) is 1. The molecule has 1 N–H and O–H groups in total. The van der Waals surface area contributed by atoms with E-state index in [-0.39, 0.29) is 29.5 Å². The molecule has 3 heterocycles. The van der Waals surface area contributed by atoms with Gasteiger partial charge in [0.2, 0.25) is 0 Å². The third kappa shape index (κ3) is 4.06. The maximum Gasteiger partial charge on any atom is 0.339 e. The molecule has 1 aromatic carbocycles. The molecule has 2 aliphatic rings. The van der Waals surface area contributed by atoms with E-state index in [9.17, 15) is 9.59 Å². The van der Waals surface area contributed by atoms with Crippen molar-refractivity contribution in [2.75, 3.05) is 32.8 Å². The third-order valence-corrected chi connectivity index (χ3v) is 6.07. The van der Waals surface area contributed by atoms with E-state index >= 15 is 0 Å². The van der Waals surface area contributed by atoms with Crippen molar-refractivity contribution in [1.29, 1.82) is 0 Å². The van der Waals surface area contributed by atoms with Gasteiger partial charge in [0.1, 0.15) is 11.3 Å². The van der Waals surface area contributed by atoms with Crippen LogP contribution in [-0.2, 0) is 9.53 Å². The fourth-order valence-electron chi connectivity index (χ4n) is 4.29. The van der Waals surface area contributed by atoms with Crippen LogP contribution in [0.3, 0.4) is 0 Å². The van der Waals surface area contributed by atoms with Crippen molar-refractivity contribution in [3.63, 3.8) is 0 Å². The van der Waals surface area contributed by atoms with Crippen LogP contribution in [-0.4, -0.2) is 55.3 Å². The van der Waals surface area contributed by atoms with Crippen molar-refractivity contribution < 1.29 is 18.7 Å². The van der Waals surface area contributed by atoms with Gasteiger partial charge in [0.15, 0.2) is 6.10 Å². The van der Waals surface area contributed by atoms with Crippen LogP contribution in [0.1, 0.15) is 30.0 Å². The molecule has 8 heteroatoms. The van der Waals surface area contributed by atoms with Crippen molar-refractivity contribution in [3.8, 4) is 5.75 Å². The molecule has 30 heavy (non-hydrogen) atoms. The molecule has 0 radical (unpaired) electrons. The first-order valence-electron chi connectivity index (χ1n) is 10.1. The number of carbonyl (C=O) groups is 1. The molecule has 0 bridgehead atoms. The first kappa shape index (κ1) is 22.6. The van der Waals surface area contributed by atoms with Crippen molar-refractivity contribution in [2.24, 2.45) is 0 Å². The maximum absolute atomic E-state index is 13.1. The van der Waals surface area contributed by atoms with Crippen molar-refractivity contribution in [2.45, 2.75) is 45.8 Å². The van der Waals surface area contributed by atoms with Crippen LogP contribution >= 0.6 is 12.4 Å². The van der Waals surface area contributed by atoms with Gasteiger partial charge in [-0.15, -0.1) is 12.4 Å². The third-order valence-electron chi connectivity index (χ3n) is 6.07. The standard InChI is InChI=1S/C22H28N2O5.ClH/c1-13-9-17(19-14(2)15(3)21(26)29-18(19)10-13)28-16(4)20(25)24-7-8-27-22(12-24)5-6-23-11-22;/h9-10,16,23H,5-8,11-12H2,1-4H3;1H. The molecule has 1 spiro atoms. The summed E-state index contributed by atoms with van der Waals surface area (Å²) >= 11 is 0. The summed E-state index contributed by atoms with van der Waals surface area (Å²) in [5.74, 6) is 0.511. The maximum atomic E-state index is 13.1. The van der Waals surface area contributed by atoms with Crippen LogP contribution in [0.2, 0.25) is 0 Å². The van der Waals surface area contributed by atoms with Gasteiger partial charge in [-0.1, -0.05) is 0 Å². The van der Waals surface area contributed by atoms with E-state index in [4.69, 9.17) is 13.9 Å². The molecule has 7 nitrogen and oxygen atoms in total. The van der Waals surface area contributed by atoms with Crippen LogP contribution in [0.15, 0.2) is 21.3 Å². The lowest BCUT2D eigenvalue weighted by Crippen LogP contribution is -2.56. The Balaban J connectivity index is 0.00000256. The number of rotatable bonds is 3. The van der Waals surface area contributed by atoms with Crippen molar-refractivity contribution >= 4 is 29.3 Å². The van der Waals surface area contributed by atoms with E-state index in [1.54, 1.807) is 13.8 Å². The Morgan fingerprint density at radius 3 is 2.73 bits per heavy atom. The van der Waals surface area contributed by atoms with Gasteiger partial charge < -0.3 is 24.1 Å².